The molecule has 2 N–H and O–H groups in total. The highest BCUT2D eigenvalue weighted by molar-refractivity contribution is 5.72. The molecule has 0 amide bonds. The molecule has 0 heterocycles. The van der Waals surface area contributed by atoms with Gasteiger partial charge in [-0.2, -0.15) is 5.26 Å². The van der Waals surface area contributed by atoms with Gasteiger partial charge >= 0.3 is 5.97 Å². The van der Waals surface area contributed by atoms with Crippen molar-refractivity contribution in [1.82, 2.24) is 0 Å². The lowest BCUT2D eigenvalue weighted by atomic mass is 10.0. The van der Waals surface area contributed by atoms with Gasteiger partial charge in [-0.05, 0) is 23.3 Å². The molecule has 0 aliphatic rings. The number of nitriles is 1. The van der Waals surface area contributed by atoms with Crippen molar-refractivity contribution in [2.45, 2.75) is 13.0 Å². The van der Waals surface area contributed by atoms with Gasteiger partial charge in [-0.25, -0.2) is 4.39 Å². The van der Waals surface area contributed by atoms with Crippen LogP contribution < -0.4 is 5.73 Å². The standard InChI is InChI=1S/C11H11FN2O2/c1-16-11(15)4-7-2-8(5-13)9(6-14)3-10(7)12/h2-3H,4-5,13H2,1H3. The Hall–Kier alpha value is -1.93. The minimum absolute atomic E-state index is 0.122. The molecule has 1 aromatic rings. The number of benzene rings is 1. The van der Waals surface area contributed by atoms with Gasteiger partial charge in [0.15, 0.2) is 0 Å². The Balaban J connectivity index is 3.12. The summed E-state index contributed by atoms with van der Waals surface area (Å²) < 4.78 is 17.9. The van der Waals surface area contributed by atoms with Crippen molar-refractivity contribution in [2.75, 3.05) is 7.11 Å². The number of halogens is 1. The molecule has 0 saturated carbocycles. The third-order valence-electron chi connectivity index (χ3n) is 2.18. The van der Waals surface area contributed by atoms with Gasteiger partial charge in [0.05, 0.1) is 25.2 Å². The van der Waals surface area contributed by atoms with Gasteiger partial charge in [-0.1, -0.05) is 0 Å². The van der Waals surface area contributed by atoms with Crippen molar-refractivity contribution in [2.24, 2.45) is 5.73 Å². The van der Waals surface area contributed by atoms with Crippen molar-refractivity contribution in [1.29, 1.82) is 5.26 Å². The molecular weight excluding hydrogens is 211 g/mol. The number of nitrogens with zero attached hydrogens (tertiary/aromatic N) is 1. The Kier molecular flexibility index (Phi) is 3.97. The van der Waals surface area contributed by atoms with Crippen molar-refractivity contribution in [3.05, 3.63) is 34.6 Å². The monoisotopic (exact) mass is 222 g/mol. The van der Waals surface area contributed by atoms with Crippen LogP contribution in [-0.4, -0.2) is 13.1 Å². The van der Waals surface area contributed by atoms with E-state index < -0.39 is 11.8 Å². The lowest BCUT2D eigenvalue weighted by Gasteiger charge is -2.06. The Morgan fingerprint density at radius 1 is 1.56 bits per heavy atom. The summed E-state index contributed by atoms with van der Waals surface area (Å²) in [6.07, 6.45) is -0.166. The lowest BCUT2D eigenvalue weighted by Crippen LogP contribution is -2.09. The summed E-state index contributed by atoms with van der Waals surface area (Å²) in [6, 6.07) is 4.35. The molecule has 5 heteroatoms. The maximum atomic E-state index is 13.5. The fourth-order valence-corrected chi connectivity index (χ4v) is 1.31. The second kappa shape index (κ2) is 5.24. The topological polar surface area (TPSA) is 76.1 Å². The first-order valence-electron chi connectivity index (χ1n) is 4.60. The summed E-state index contributed by atoms with van der Waals surface area (Å²) in [6.45, 7) is 0.122. The first-order chi connectivity index (χ1) is 7.62. The third-order valence-corrected chi connectivity index (χ3v) is 2.18. The number of methoxy groups -OCH3 is 1. The number of ether oxygens (including phenoxy) is 1. The highest BCUT2D eigenvalue weighted by Gasteiger charge is 2.12. The fraction of sp³-hybridized carbons (Fsp3) is 0.273. The highest BCUT2D eigenvalue weighted by atomic mass is 19.1. The van der Waals surface area contributed by atoms with E-state index in [1.807, 2.05) is 6.07 Å². The molecule has 1 rings (SSSR count). The molecule has 0 aliphatic carbocycles. The normalized spacial score (nSPS) is 9.62. The molecule has 84 valence electrons. The van der Waals surface area contributed by atoms with Gasteiger partial charge in [-0.15, -0.1) is 0 Å². The zero-order valence-corrected chi connectivity index (χ0v) is 8.79. The first-order valence-corrected chi connectivity index (χ1v) is 4.60. The van der Waals surface area contributed by atoms with Crippen LogP contribution in [0, 0.1) is 17.1 Å². The number of carbonyl (C=O) groups is 1. The molecule has 0 atom stereocenters. The average molecular weight is 222 g/mol. The molecule has 0 bridgehead atoms. The number of rotatable bonds is 3. The van der Waals surface area contributed by atoms with Gasteiger partial charge in [0.25, 0.3) is 0 Å². The summed E-state index contributed by atoms with van der Waals surface area (Å²) in [5, 5.41) is 8.73. The zero-order valence-electron chi connectivity index (χ0n) is 8.79. The molecule has 1 aromatic carbocycles. The van der Waals surface area contributed by atoms with Gasteiger partial charge in [-0.3, -0.25) is 4.79 Å². The van der Waals surface area contributed by atoms with Gasteiger partial charge in [0.1, 0.15) is 5.82 Å². The Labute approximate surface area is 92.4 Å². The first kappa shape index (κ1) is 12.1. The van der Waals surface area contributed by atoms with Gasteiger partial charge in [0, 0.05) is 6.54 Å². The van der Waals surface area contributed by atoms with Crippen LogP contribution in [0.5, 0.6) is 0 Å². The van der Waals surface area contributed by atoms with Crippen LogP contribution in [0.15, 0.2) is 12.1 Å². The minimum atomic E-state index is -0.598. The minimum Gasteiger partial charge on any atom is -0.469 e. The third kappa shape index (κ3) is 2.55. The van der Waals surface area contributed by atoms with Gasteiger partial charge in [0.2, 0.25) is 0 Å². The summed E-state index contributed by atoms with van der Waals surface area (Å²) in [5.41, 5.74) is 6.31. The van der Waals surface area contributed by atoms with E-state index in [4.69, 9.17) is 11.0 Å². The second-order valence-corrected chi connectivity index (χ2v) is 3.17. The van der Waals surface area contributed by atoms with Crippen molar-refractivity contribution in [3.8, 4) is 6.07 Å². The van der Waals surface area contributed by atoms with Crippen molar-refractivity contribution in [3.63, 3.8) is 0 Å². The molecule has 0 spiro atoms. The fourth-order valence-electron chi connectivity index (χ4n) is 1.31. The Morgan fingerprint density at radius 2 is 2.25 bits per heavy atom. The van der Waals surface area contributed by atoms with Crippen molar-refractivity contribution >= 4 is 5.97 Å². The smallest absolute Gasteiger partial charge is 0.310 e. The SMILES string of the molecule is COC(=O)Cc1cc(CN)c(C#N)cc1F. The van der Waals surface area contributed by atoms with E-state index >= 15 is 0 Å². The van der Waals surface area contributed by atoms with Crippen LogP contribution in [-0.2, 0) is 22.5 Å². The Morgan fingerprint density at radius 3 is 2.75 bits per heavy atom. The van der Waals surface area contributed by atoms with Crippen LogP contribution >= 0.6 is 0 Å². The number of nitrogens with two attached hydrogens (primary N) is 1. The summed E-state index contributed by atoms with van der Waals surface area (Å²) in [7, 11) is 1.23. The Bertz CT molecular complexity index is 452. The second-order valence-electron chi connectivity index (χ2n) is 3.17. The van der Waals surface area contributed by atoms with E-state index in [-0.39, 0.29) is 24.1 Å². The molecular formula is C11H11FN2O2. The maximum absolute atomic E-state index is 13.5. The van der Waals surface area contributed by atoms with E-state index in [1.165, 1.54) is 13.2 Å². The molecule has 0 aromatic heterocycles. The highest BCUT2D eigenvalue weighted by Crippen LogP contribution is 2.16. The van der Waals surface area contributed by atoms with E-state index in [0.29, 0.717) is 5.56 Å². The van der Waals surface area contributed by atoms with Crippen LogP contribution in [0.1, 0.15) is 16.7 Å². The number of esters is 1. The summed E-state index contributed by atoms with van der Waals surface area (Å²) >= 11 is 0. The quantitative estimate of drug-likeness (QED) is 0.770. The van der Waals surface area contributed by atoms with Crippen LogP contribution in [0.25, 0.3) is 0 Å². The van der Waals surface area contributed by atoms with E-state index in [1.54, 1.807) is 0 Å². The molecule has 0 aliphatic heterocycles. The predicted molar refractivity (Wildman–Crippen MR) is 54.7 cm³/mol. The van der Waals surface area contributed by atoms with E-state index in [0.717, 1.165) is 6.07 Å². The zero-order chi connectivity index (χ0) is 12.1. The maximum Gasteiger partial charge on any atom is 0.310 e. The molecule has 0 unspecified atom stereocenters. The van der Waals surface area contributed by atoms with Crippen molar-refractivity contribution < 1.29 is 13.9 Å². The van der Waals surface area contributed by atoms with Crippen LogP contribution in [0.4, 0.5) is 4.39 Å². The number of carbonyl (C=O) groups excluding carboxylic acids is 1. The molecule has 0 radical (unpaired) electrons. The molecule has 16 heavy (non-hydrogen) atoms. The average Bonchev–Trinajstić information content (AvgIpc) is 2.30. The lowest BCUT2D eigenvalue weighted by molar-refractivity contribution is -0.139. The van der Waals surface area contributed by atoms with Crippen LogP contribution in [0.3, 0.4) is 0 Å². The van der Waals surface area contributed by atoms with E-state index in [2.05, 4.69) is 4.74 Å². The largest absolute Gasteiger partial charge is 0.469 e. The number of hydrogen-bond acceptors (Lipinski definition) is 4. The molecule has 0 saturated heterocycles. The van der Waals surface area contributed by atoms with Gasteiger partial charge < -0.3 is 10.5 Å². The summed E-state index contributed by atoms with van der Waals surface area (Å²) in [5.74, 6) is -1.13. The predicted octanol–water partition coefficient (Wildman–Crippen LogP) is 0.872. The summed E-state index contributed by atoms with van der Waals surface area (Å²) in [4.78, 5) is 11.0. The molecule has 0 fully saturated rings. The number of hydrogen-bond donors (Lipinski definition) is 1. The van der Waals surface area contributed by atoms with Crippen LogP contribution in [0.2, 0.25) is 0 Å². The van der Waals surface area contributed by atoms with E-state index in [9.17, 15) is 9.18 Å². The molecule has 4 nitrogen and oxygen atoms in total.